The van der Waals surface area contributed by atoms with Crippen LogP contribution in [0.15, 0.2) is 18.2 Å². The summed E-state index contributed by atoms with van der Waals surface area (Å²) < 4.78 is 0.133. The number of benzene rings is 1. The molecule has 17 heavy (non-hydrogen) atoms. The van der Waals surface area contributed by atoms with E-state index in [-0.39, 0.29) is 22.3 Å². The topological polar surface area (TPSA) is 52.5 Å². The van der Waals surface area contributed by atoms with Gasteiger partial charge in [-0.25, -0.2) is 0 Å². The fourth-order valence-corrected chi connectivity index (χ4v) is 1.79. The van der Waals surface area contributed by atoms with Gasteiger partial charge in [0.2, 0.25) is 0 Å². The van der Waals surface area contributed by atoms with Gasteiger partial charge in [-0.2, -0.15) is 11.8 Å². The van der Waals surface area contributed by atoms with E-state index in [1.54, 1.807) is 30.0 Å². The molecule has 0 fully saturated rings. The second-order valence-electron chi connectivity index (χ2n) is 4.78. The van der Waals surface area contributed by atoms with Gasteiger partial charge in [0.25, 0.3) is 0 Å². The van der Waals surface area contributed by atoms with Crippen molar-refractivity contribution in [3.8, 4) is 11.5 Å². The molecule has 3 N–H and O–H groups in total. The van der Waals surface area contributed by atoms with Crippen molar-refractivity contribution >= 4 is 11.8 Å². The van der Waals surface area contributed by atoms with Crippen LogP contribution >= 0.6 is 11.8 Å². The van der Waals surface area contributed by atoms with E-state index in [4.69, 9.17) is 0 Å². The molecule has 1 aromatic carbocycles. The van der Waals surface area contributed by atoms with Crippen molar-refractivity contribution in [1.29, 1.82) is 0 Å². The van der Waals surface area contributed by atoms with Gasteiger partial charge in [-0.1, -0.05) is 6.07 Å². The first-order valence-electron chi connectivity index (χ1n) is 5.67. The normalized spacial score (nSPS) is 13.6. The predicted molar refractivity (Wildman–Crippen MR) is 73.8 cm³/mol. The first kappa shape index (κ1) is 14.2. The molecule has 1 aromatic rings. The lowest BCUT2D eigenvalue weighted by Crippen LogP contribution is -2.33. The third-order valence-corrected chi connectivity index (χ3v) is 4.13. The Hall–Kier alpha value is -0.870. The Balaban J connectivity index is 2.74. The van der Waals surface area contributed by atoms with Gasteiger partial charge in [-0.15, -0.1) is 0 Å². The molecule has 0 aliphatic carbocycles. The fraction of sp³-hybridized carbons (Fsp3) is 0.538. The van der Waals surface area contributed by atoms with Crippen LogP contribution < -0.4 is 5.32 Å². The number of phenolic OH excluding ortho intramolecular Hbond substituents is 2. The molecule has 96 valence electrons. The van der Waals surface area contributed by atoms with Crippen molar-refractivity contribution in [3.63, 3.8) is 0 Å². The Morgan fingerprint density at radius 1 is 1.29 bits per heavy atom. The van der Waals surface area contributed by atoms with E-state index < -0.39 is 0 Å². The number of rotatable bonds is 5. The molecule has 0 aromatic heterocycles. The number of nitrogens with one attached hydrogen (secondary N) is 1. The van der Waals surface area contributed by atoms with E-state index in [0.717, 1.165) is 6.54 Å². The van der Waals surface area contributed by atoms with Crippen molar-refractivity contribution in [2.75, 3.05) is 12.8 Å². The van der Waals surface area contributed by atoms with E-state index >= 15 is 0 Å². The lowest BCUT2D eigenvalue weighted by Gasteiger charge is -2.25. The maximum atomic E-state index is 9.74. The molecule has 0 amide bonds. The van der Waals surface area contributed by atoms with Crippen LogP contribution in [0.5, 0.6) is 11.5 Å². The van der Waals surface area contributed by atoms with E-state index in [1.165, 1.54) is 0 Å². The quantitative estimate of drug-likeness (QED) is 0.757. The van der Waals surface area contributed by atoms with Gasteiger partial charge in [0.15, 0.2) is 0 Å². The summed E-state index contributed by atoms with van der Waals surface area (Å²) in [4.78, 5) is 0. The molecule has 3 nitrogen and oxygen atoms in total. The molecule has 4 heteroatoms. The van der Waals surface area contributed by atoms with Crippen LogP contribution in [0.25, 0.3) is 0 Å². The van der Waals surface area contributed by atoms with Crippen LogP contribution in [0.2, 0.25) is 0 Å². The minimum atomic E-state index is -0.0809. The summed E-state index contributed by atoms with van der Waals surface area (Å²) in [6, 6.07) is 4.73. The summed E-state index contributed by atoms with van der Waals surface area (Å²) in [5.41, 5.74) is 0.560. The smallest absolute Gasteiger partial charge is 0.124 e. The molecule has 1 rings (SSSR count). The minimum Gasteiger partial charge on any atom is -0.507 e. The maximum Gasteiger partial charge on any atom is 0.124 e. The highest BCUT2D eigenvalue weighted by Crippen LogP contribution is 2.32. The third kappa shape index (κ3) is 3.82. The summed E-state index contributed by atoms with van der Waals surface area (Å²) in [5.74, 6) is 0.263. The van der Waals surface area contributed by atoms with Gasteiger partial charge < -0.3 is 15.5 Å². The van der Waals surface area contributed by atoms with Crippen LogP contribution in [-0.2, 0) is 0 Å². The Kier molecular flexibility index (Phi) is 4.71. The molecule has 0 saturated carbocycles. The van der Waals surface area contributed by atoms with Crippen LogP contribution in [-0.4, -0.2) is 27.8 Å². The maximum absolute atomic E-state index is 9.74. The third-order valence-electron chi connectivity index (χ3n) is 2.88. The van der Waals surface area contributed by atoms with Crippen molar-refractivity contribution in [3.05, 3.63) is 23.8 Å². The van der Waals surface area contributed by atoms with Gasteiger partial charge >= 0.3 is 0 Å². The highest BCUT2D eigenvalue weighted by Gasteiger charge is 2.20. The average molecular weight is 255 g/mol. The molecule has 0 spiro atoms. The van der Waals surface area contributed by atoms with Crippen molar-refractivity contribution in [2.24, 2.45) is 0 Å². The lowest BCUT2D eigenvalue weighted by molar-refractivity contribution is 0.414. The summed E-state index contributed by atoms with van der Waals surface area (Å²) in [6.07, 6.45) is 2.07. The average Bonchev–Trinajstić information content (AvgIpc) is 2.26. The summed E-state index contributed by atoms with van der Waals surface area (Å²) in [5, 5.41) is 22.8. The van der Waals surface area contributed by atoms with Crippen molar-refractivity contribution in [1.82, 2.24) is 5.32 Å². The van der Waals surface area contributed by atoms with Crippen LogP contribution in [0.1, 0.15) is 32.4 Å². The van der Waals surface area contributed by atoms with Crippen molar-refractivity contribution in [2.45, 2.75) is 31.6 Å². The Morgan fingerprint density at radius 3 is 2.29 bits per heavy atom. The molecule has 0 aliphatic heterocycles. The highest BCUT2D eigenvalue weighted by atomic mass is 32.2. The zero-order chi connectivity index (χ0) is 13.1. The number of phenols is 2. The SMILES string of the molecule is CSC(C)(C)CNC(C)c1c(O)cccc1O. The number of aromatic hydroxyl groups is 2. The second kappa shape index (κ2) is 5.65. The van der Waals surface area contributed by atoms with Gasteiger partial charge in [-0.05, 0) is 39.2 Å². The monoisotopic (exact) mass is 255 g/mol. The summed E-state index contributed by atoms with van der Waals surface area (Å²) in [7, 11) is 0. The zero-order valence-corrected chi connectivity index (χ0v) is 11.6. The van der Waals surface area contributed by atoms with Crippen LogP contribution in [0, 0.1) is 0 Å². The summed E-state index contributed by atoms with van der Waals surface area (Å²) in [6.45, 7) is 7.05. The predicted octanol–water partition coefficient (Wildman–Crippen LogP) is 2.89. The second-order valence-corrected chi connectivity index (χ2v) is 6.29. The molecule has 1 unspecified atom stereocenters. The number of thioether (sulfide) groups is 1. The molecule has 0 radical (unpaired) electrons. The molecular weight excluding hydrogens is 234 g/mol. The first-order chi connectivity index (χ1) is 7.87. The zero-order valence-electron chi connectivity index (χ0n) is 10.8. The first-order valence-corrected chi connectivity index (χ1v) is 6.89. The molecule has 0 bridgehead atoms. The van der Waals surface area contributed by atoms with E-state index in [2.05, 4.69) is 25.4 Å². The minimum absolute atomic E-state index is 0.0809. The fourth-order valence-electron chi connectivity index (χ4n) is 1.56. The Labute approximate surface area is 107 Å². The van der Waals surface area contributed by atoms with Crippen LogP contribution in [0.4, 0.5) is 0 Å². The van der Waals surface area contributed by atoms with E-state index in [1.807, 2.05) is 6.92 Å². The van der Waals surface area contributed by atoms with Crippen molar-refractivity contribution < 1.29 is 10.2 Å². The van der Waals surface area contributed by atoms with E-state index in [0.29, 0.717) is 5.56 Å². The largest absolute Gasteiger partial charge is 0.507 e. The molecular formula is C13H21NO2S. The van der Waals surface area contributed by atoms with Crippen LogP contribution in [0.3, 0.4) is 0 Å². The Bertz CT molecular complexity index is 359. The highest BCUT2D eigenvalue weighted by molar-refractivity contribution is 7.99. The van der Waals surface area contributed by atoms with Gasteiger partial charge in [0.1, 0.15) is 11.5 Å². The molecule has 0 heterocycles. The van der Waals surface area contributed by atoms with Gasteiger partial charge in [-0.3, -0.25) is 0 Å². The number of hydrogen-bond donors (Lipinski definition) is 3. The standard InChI is InChI=1S/C13H21NO2S/c1-9(14-8-13(2,3)17-4)12-10(15)6-5-7-11(12)16/h5-7,9,14-16H,8H2,1-4H3. The summed E-state index contributed by atoms with van der Waals surface area (Å²) >= 11 is 1.79. The van der Waals surface area contributed by atoms with E-state index in [9.17, 15) is 10.2 Å². The van der Waals surface area contributed by atoms with Gasteiger partial charge in [0, 0.05) is 17.3 Å². The Morgan fingerprint density at radius 2 is 1.82 bits per heavy atom. The van der Waals surface area contributed by atoms with Gasteiger partial charge in [0.05, 0.1) is 5.56 Å². The molecule has 0 aliphatic rings. The molecule has 0 saturated heterocycles. The molecule has 1 atom stereocenters. The lowest BCUT2D eigenvalue weighted by atomic mass is 10.1. The number of hydrogen-bond acceptors (Lipinski definition) is 4.